The molecule has 1 heterocycles. The van der Waals surface area contributed by atoms with E-state index >= 15 is 0 Å². The molecule has 20 heavy (non-hydrogen) atoms. The first-order chi connectivity index (χ1) is 9.70. The van der Waals surface area contributed by atoms with Gasteiger partial charge in [-0.25, -0.2) is 4.98 Å². The molecule has 0 saturated heterocycles. The minimum atomic E-state index is -0.0727. The number of carbonyl (C=O) groups excluding carboxylic acids is 1. The highest BCUT2D eigenvalue weighted by Gasteiger charge is 2.05. The lowest BCUT2D eigenvalue weighted by molar-refractivity contribution is -0.114. The third-order valence-corrected chi connectivity index (χ3v) is 3.67. The van der Waals surface area contributed by atoms with Crippen molar-refractivity contribution in [1.29, 1.82) is 0 Å². The van der Waals surface area contributed by atoms with E-state index in [9.17, 15) is 4.79 Å². The second-order valence-electron chi connectivity index (χ2n) is 4.37. The Morgan fingerprint density at radius 3 is 2.65 bits per heavy atom. The van der Waals surface area contributed by atoms with Crippen LogP contribution in [0.4, 0.5) is 16.5 Å². The zero-order chi connectivity index (χ0) is 13.9. The van der Waals surface area contributed by atoms with Crippen molar-refractivity contribution in [3.8, 4) is 0 Å². The fraction of sp³-hybridized carbons (Fsp3) is 0.0667. The predicted octanol–water partition coefficient (Wildman–Crippen LogP) is 4.00. The predicted molar refractivity (Wildman–Crippen MR) is 83.6 cm³/mol. The number of anilines is 3. The summed E-state index contributed by atoms with van der Waals surface area (Å²) < 4.78 is 1.04. The van der Waals surface area contributed by atoms with Crippen LogP contribution in [0.15, 0.2) is 48.5 Å². The number of nitrogens with zero attached hydrogens (tertiary/aromatic N) is 1. The monoisotopic (exact) mass is 283 g/mol. The number of aromatic nitrogens is 1. The van der Waals surface area contributed by atoms with Crippen LogP contribution in [-0.2, 0) is 4.79 Å². The summed E-state index contributed by atoms with van der Waals surface area (Å²) in [6, 6.07) is 15.6. The number of fused-ring (bicyclic) bond motifs is 1. The quantitative estimate of drug-likeness (QED) is 0.764. The highest BCUT2D eigenvalue weighted by molar-refractivity contribution is 7.22. The second kappa shape index (κ2) is 5.30. The van der Waals surface area contributed by atoms with Crippen LogP contribution in [0.3, 0.4) is 0 Å². The van der Waals surface area contributed by atoms with Crippen LogP contribution in [-0.4, -0.2) is 10.9 Å². The van der Waals surface area contributed by atoms with E-state index in [1.807, 2.05) is 48.5 Å². The standard InChI is InChI=1S/C15H13N3OS/c1-10(19)16-12-7-8-13-14(9-12)20-15(18-13)17-11-5-3-2-4-6-11/h2-9H,1H3,(H,16,19)(H,17,18). The minimum absolute atomic E-state index is 0.0727. The molecule has 0 aliphatic rings. The summed E-state index contributed by atoms with van der Waals surface area (Å²) in [5.74, 6) is -0.0727. The van der Waals surface area contributed by atoms with Gasteiger partial charge in [-0.1, -0.05) is 29.5 Å². The largest absolute Gasteiger partial charge is 0.332 e. The van der Waals surface area contributed by atoms with Gasteiger partial charge in [0.25, 0.3) is 0 Å². The molecule has 0 saturated carbocycles. The fourth-order valence-corrected chi connectivity index (χ4v) is 2.83. The third kappa shape index (κ3) is 2.78. The van der Waals surface area contributed by atoms with Crippen LogP contribution < -0.4 is 10.6 Å². The van der Waals surface area contributed by atoms with Crippen LogP contribution in [0.5, 0.6) is 0 Å². The van der Waals surface area contributed by atoms with Crippen molar-refractivity contribution in [3.05, 3.63) is 48.5 Å². The number of rotatable bonds is 3. The first-order valence-corrected chi connectivity index (χ1v) is 7.02. The lowest BCUT2D eigenvalue weighted by Crippen LogP contribution is -2.05. The van der Waals surface area contributed by atoms with Gasteiger partial charge in [0.1, 0.15) is 0 Å². The number of hydrogen-bond acceptors (Lipinski definition) is 4. The summed E-state index contributed by atoms with van der Waals surface area (Å²) in [5, 5.41) is 6.89. The van der Waals surface area contributed by atoms with E-state index in [-0.39, 0.29) is 5.91 Å². The molecule has 0 radical (unpaired) electrons. The molecule has 5 heteroatoms. The van der Waals surface area contributed by atoms with E-state index in [1.54, 1.807) is 11.3 Å². The number of amides is 1. The molecule has 0 aliphatic heterocycles. The minimum Gasteiger partial charge on any atom is -0.332 e. The van der Waals surface area contributed by atoms with Crippen LogP contribution in [0.25, 0.3) is 10.2 Å². The average molecular weight is 283 g/mol. The number of hydrogen-bond donors (Lipinski definition) is 2. The average Bonchev–Trinajstić information content (AvgIpc) is 2.80. The summed E-state index contributed by atoms with van der Waals surface area (Å²) >= 11 is 1.56. The van der Waals surface area contributed by atoms with Gasteiger partial charge in [-0.3, -0.25) is 4.79 Å². The van der Waals surface area contributed by atoms with Crippen molar-refractivity contribution < 1.29 is 4.79 Å². The van der Waals surface area contributed by atoms with Crippen molar-refractivity contribution in [1.82, 2.24) is 4.98 Å². The molecule has 0 aliphatic carbocycles. The Morgan fingerprint density at radius 1 is 1.10 bits per heavy atom. The molecule has 3 rings (SSSR count). The van der Waals surface area contributed by atoms with Gasteiger partial charge in [0.05, 0.1) is 10.2 Å². The molecule has 4 nitrogen and oxygen atoms in total. The first-order valence-electron chi connectivity index (χ1n) is 6.21. The fourth-order valence-electron chi connectivity index (χ4n) is 1.90. The topological polar surface area (TPSA) is 54.0 Å². The lowest BCUT2D eigenvalue weighted by atomic mass is 10.3. The van der Waals surface area contributed by atoms with Crippen LogP contribution in [0.1, 0.15) is 6.92 Å². The van der Waals surface area contributed by atoms with E-state index in [4.69, 9.17) is 0 Å². The van der Waals surface area contributed by atoms with E-state index in [2.05, 4.69) is 15.6 Å². The van der Waals surface area contributed by atoms with Gasteiger partial charge in [0.15, 0.2) is 5.13 Å². The van der Waals surface area contributed by atoms with Crippen molar-refractivity contribution >= 4 is 44.0 Å². The SMILES string of the molecule is CC(=O)Nc1ccc2nc(Nc3ccccc3)sc2c1. The molecular weight excluding hydrogens is 270 g/mol. The molecule has 3 aromatic rings. The van der Waals surface area contributed by atoms with Gasteiger partial charge in [-0.15, -0.1) is 0 Å². The van der Waals surface area contributed by atoms with E-state index in [0.717, 1.165) is 26.7 Å². The van der Waals surface area contributed by atoms with Crippen molar-refractivity contribution in [2.24, 2.45) is 0 Å². The Kier molecular flexibility index (Phi) is 3.35. The molecule has 1 aromatic heterocycles. The summed E-state index contributed by atoms with van der Waals surface area (Å²) in [5.41, 5.74) is 2.72. The Balaban J connectivity index is 1.88. The van der Waals surface area contributed by atoms with Gasteiger partial charge in [0, 0.05) is 18.3 Å². The Bertz CT molecular complexity index is 752. The van der Waals surface area contributed by atoms with Crippen molar-refractivity contribution in [2.75, 3.05) is 10.6 Å². The third-order valence-electron chi connectivity index (χ3n) is 2.73. The number of thiazole rings is 1. The zero-order valence-electron chi connectivity index (χ0n) is 10.9. The zero-order valence-corrected chi connectivity index (χ0v) is 11.7. The van der Waals surface area contributed by atoms with Crippen LogP contribution in [0.2, 0.25) is 0 Å². The summed E-state index contributed by atoms with van der Waals surface area (Å²) in [6.45, 7) is 1.50. The molecule has 100 valence electrons. The number of benzene rings is 2. The van der Waals surface area contributed by atoms with Crippen LogP contribution >= 0.6 is 11.3 Å². The van der Waals surface area contributed by atoms with Gasteiger partial charge < -0.3 is 10.6 Å². The summed E-state index contributed by atoms with van der Waals surface area (Å²) in [6.07, 6.45) is 0. The molecule has 0 spiro atoms. The highest BCUT2D eigenvalue weighted by atomic mass is 32.1. The molecule has 2 aromatic carbocycles. The maximum atomic E-state index is 11.1. The van der Waals surface area contributed by atoms with Gasteiger partial charge in [-0.2, -0.15) is 0 Å². The summed E-state index contributed by atoms with van der Waals surface area (Å²) in [4.78, 5) is 15.6. The number of para-hydroxylation sites is 1. The van der Waals surface area contributed by atoms with Gasteiger partial charge in [0.2, 0.25) is 5.91 Å². The maximum Gasteiger partial charge on any atom is 0.221 e. The molecule has 1 amide bonds. The van der Waals surface area contributed by atoms with Gasteiger partial charge >= 0.3 is 0 Å². The van der Waals surface area contributed by atoms with E-state index in [0.29, 0.717) is 0 Å². The van der Waals surface area contributed by atoms with Crippen molar-refractivity contribution in [3.63, 3.8) is 0 Å². The van der Waals surface area contributed by atoms with E-state index < -0.39 is 0 Å². The highest BCUT2D eigenvalue weighted by Crippen LogP contribution is 2.30. The number of nitrogens with one attached hydrogen (secondary N) is 2. The molecule has 0 unspecified atom stereocenters. The molecule has 2 N–H and O–H groups in total. The first kappa shape index (κ1) is 12.6. The Labute approximate surface area is 120 Å². The normalized spacial score (nSPS) is 10.4. The smallest absolute Gasteiger partial charge is 0.221 e. The Hall–Kier alpha value is -2.40. The molecule has 0 bridgehead atoms. The van der Waals surface area contributed by atoms with E-state index in [1.165, 1.54) is 6.92 Å². The molecule has 0 atom stereocenters. The van der Waals surface area contributed by atoms with Crippen molar-refractivity contribution in [2.45, 2.75) is 6.92 Å². The second-order valence-corrected chi connectivity index (χ2v) is 5.40. The Morgan fingerprint density at radius 2 is 1.90 bits per heavy atom. The van der Waals surface area contributed by atoms with Gasteiger partial charge in [-0.05, 0) is 30.3 Å². The molecule has 0 fully saturated rings. The maximum absolute atomic E-state index is 11.1. The van der Waals surface area contributed by atoms with Crippen LogP contribution in [0, 0.1) is 0 Å². The molecular formula is C15H13N3OS. The summed E-state index contributed by atoms with van der Waals surface area (Å²) in [7, 11) is 0. The number of carbonyl (C=O) groups is 1. The lowest BCUT2D eigenvalue weighted by Gasteiger charge is -2.00.